The van der Waals surface area contributed by atoms with Crippen LogP contribution in [0.3, 0.4) is 0 Å². The molecule has 0 aliphatic rings. The molecule has 2 aromatic heterocycles. The van der Waals surface area contributed by atoms with E-state index < -0.39 is 0 Å². The van der Waals surface area contributed by atoms with Gasteiger partial charge in [-0.3, -0.25) is 9.69 Å². The minimum atomic E-state index is -0.0834. The van der Waals surface area contributed by atoms with Gasteiger partial charge in [0.25, 0.3) is 5.56 Å². The Bertz CT molecular complexity index is 1310. The van der Waals surface area contributed by atoms with E-state index in [0.29, 0.717) is 38.3 Å². The summed E-state index contributed by atoms with van der Waals surface area (Å²) in [6.45, 7) is 6.68. The van der Waals surface area contributed by atoms with E-state index in [-0.39, 0.29) is 5.56 Å². The molecule has 9 nitrogen and oxygen atoms in total. The van der Waals surface area contributed by atoms with E-state index in [0.717, 1.165) is 39.2 Å². The van der Waals surface area contributed by atoms with Crippen LogP contribution in [-0.4, -0.2) is 50.9 Å². The van der Waals surface area contributed by atoms with Gasteiger partial charge in [0, 0.05) is 31.1 Å². The lowest BCUT2D eigenvalue weighted by molar-refractivity contribution is 0.177. The van der Waals surface area contributed by atoms with Crippen LogP contribution in [0.25, 0.3) is 10.9 Å². The van der Waals surface area contributed by atoms with E-state index in [1.165, 1.54) is 0 Å². The number of methoxy groups -OCH3 is 2. The Labute approximate surface area is 198 Å². The maximum absolute atomic E-state index is 13.0. The summed E-state index contributed by atoms with van der Waals surface area (Å²) >= 11 is 0. The number of fused-ring (bicyclic) bond motifs is 1. The van der Waals surface area contributed by atoms with Gasteiger partial charge in [0.2, 0.25) is 0 Å². The monoisotopic (exact) mass is 462 g/mol. The van der Waals surface area contributed by atoms with Crippen molar-refractivity contribution in [3.05, 3.63) is 80.9 Å². The Morgan fingerprint density at radius 1 is 1.00 bits per heavy atom. The van der Waals surface area contributed by atoms with Crippen molar-refractivity contribution in [2.24, 2.45) is 0 Å². The Balaban J connectivity index is 1.66. The van der Waals surface area contributed by atoms with Crippen molar-refractivity contribution in [2.75, 3.05) is 20.8 Å². The first-order chi connectivity index (χ1) is 16.5. The second-order valence-corrected chi connectivity index (χ2v) is 8.42. The molecule has 2 aromatic carbocycles. The van der Waals surface area contributed by atoms with Crippen LogP contribution in [0.2, 0.25) is 0 Å². The highest BCUT2D eigenvalue weighted by Crippen LogP contribution is 2.21. The number of aromatic nitrogens is 5. The number of aromatic amines is 1. The molecule has 0 saturated carbocycles. The number of hydrogen-bond acceptors (Lipinski definition) is 7. The Morgan fingerprint density at radius 3 is 2.50 bits per heavy atom. The first-order valence-electron chi connectivity index (χ1n) is 11.2. The molecule has 0 bridgehead atoms. The lowest BCUT2D eigenvalue weighted by atomic mass is 10.0. The Kier molecular flexibility index (Phi) is 7.34. The predicted molar refractivity (Wildman–Crippen MR) is 130 cm³/mol. The molecule has 0 fully saturated rings. The van der Waals surface area contributed by atoms with Gasteiger partial charge in [0.15, 0.2) is 5.82 Å². The third-order valence-corrected chi connectivity index (χ3v) is 5.96. The van der Waals surface area contributed by atoms with Crippen LogP contribution in [0.1, 0.15) is 28.1 Å². The molecule has 1 N–H and O–H groups in total. The van der Waals surface area contributed by atoms with Gasteiger partial charge < -0.3 is 14.5 Å². The first-order valence-corrected chi connectivity index (χ1v) is 11.2. The van der Waals surface area contributed by atoms with Gasteiger partial charge in [0.1, 0.15) is 5.75 Å². The minimum absolute atomic E-state index is 0.0834. The fourth-order valence-corrected chi connectivity index (χ4v) is 4.02. The van der Waals surface area contributed by atoms with Gasteiger partial charge in [-0.1, -0.05) is 24.3 Å². The highest BCUT2D eigenvalue weighted by Gasteiger charge is 2.16. The number of nitrogens with zero attached hydrogens (tertiary/aromatic N) is 5. The summed E-state index contributed by atoms with van der Waals surface area (Å²) in [7, 11) is 3.30. The van der Waals surface area contributed by atoms with Gasteiger partial charge in [0.05, 0.1) is 32.3 Å². The highest BCUT2D eigenvalue weighted by atomic mass is 16.5. The molecule has 9 heteroatoms. The van der Waals surface area contributed by atoms with Crippen molar-refractivity contribution in [2.45, 2.75) is 40.0 Å². The molecule has 0 amide bonds. The third kappa shape index (κ3) is 5.32. The largest absolute Gasteiger partial charge is 0.497 e. The molecular formula is C25H30N6O3. The molecule has 0 aliphatic heterocycles. The summed E-state index contributed by atoms with van der Waals surface area (Å²) in [5.41, 5.74) is 4.78. The van der Waals surface area contributed by atoms with E-state index in [2.05, 4.69) is 38.4 Å². The number of nitrogens with one attached hydrogen (secondary N) is 1. The molecule has 0 unspecified atom stereocenters. The van der Waals surface area contributed by atoms with Crippen LogP contribution in [0.4, 0.5) is 0 Å². The Hall–Kier alpha value is -3.56. The van der Waals surface area contributed by atoms with Crippen LogP contribution >= 0.6 is 0 Å². The highest BCUT2D eigenvalue weighted by molar-refractivity contribution is 5.85. The SMILES string of the molecule is COCCn1nnnc1CN(Cc1ccc(OC)cc1)Cc1cc2c(C)ccc(C)c2[nH]c1=O. The zero-order valence-corrected chi connectivity index (χ0v) is 20.0. The quantitative estimate of drug-likeness (QED) is 0.387. The zero-order valence-electron chi connectivity index (χ0n) is 20.0. The number of rotatable bonds is 10. The molecule has 4 rings (SSSR count). The van der Waals surface area contributed by atoms with Crippen LogP contribution in [0.5, 0.6) is 5.75 Å². The van der Waals surface area contributed by atoms with Gasteiger partial charge >= 0.3 is 0 Å². The molecule has 0 radical (unpaired) electrons. The third-order valence-electron chi connectivity index (χ3n) is 5.96. The van der Waals surface area contributed by atoms with Crippen molar-refractivity contribution in [1.29, 1.82) is 0 Å². The summed E-state index contributed by atoms with van der Waals surface area (Å²) in [6, 6.07) is 14.0. The zero-order chi connectivity index (χ0) is 24.1. The first kappa shape index (κ1) is 23.6. The molecule has 4 aromatic rings. The molecule has 0 saturated heterocycles. The van der Waals surface area contributed by atoms with Crippen molar-refractivity contribution in [1.82, 2.24) is 30.1 Å². The predicted octanol–water partition coefficient (Wildman–Crippen LogP) is 2.99. The molecular weight excluding hydrogens is 432 g/mol. The molecule has 0 aliphatic carbocycles. The molecule has 34 heavy (non-hydrogen) atoms. The number of ether oxygens (including phenoxy) is 2. The minimum Gasteiger partial charge on any atom is -0.497 e. The fraction of sp³-hybridized carbons (Fsp3) is 0.360. The van der Waals surface area contributed by atoms with E-state index in [9.17, 15) is 4.79 Å². The summed E-state index contributed by atoms with van der Waals surface area (Å²) in [5, 5.41) is 13.2. The topological polar surface area (TPSA) is 98.2 Å². The number of tetrazole rings is 1. The van der Waals surface area contributed by atoms with E-state index in [1.54, 1.807) is 18.9 Å². The molecule has 178 valence electrons. The lowest BCUT2D eigenvalue weighted by Gasteiger charge is -2.22. The van der Waals surface area contributed by atoms with Gasteiger partial charge in [-0.25, -0.2) is 4.68 Å². The van der Waals surface area contributed by atoms with Gasteiger partial charge in [-0.15, -0.1) is 5.10 Å². The van der Waals surface area contributed by atoms with Crippen LogP contribution in [0, 0.1) is 13.8 Å². The normalized spacial score (nSPS) is 11.4. The van der Waals surface area contributed by atoms with Crippen molar-refractivity contribution in [3.8, 4) is 5.75 Å². The second-order valence-electron chi connectivity index (χ2n) is 8.42. The van der Waals surface area contributed by atoms with Crippen molar-refractivity contribution in [3.63, 3.8) is 0 Å². The van der Waals surface area contributed by atoms with E-state index in [1.807, 2.05) is 43.3 Å². The summed E-state index contributed by atoms with van der Waals surface area (Å²) in [4.78, 5) is 18.3. The number of pyridine rings is 1. The molecule has 2 heterocycles. The maximum Gasteiger partial charge on any atom is 0.252 e. The summed E-state index contributed by atoms with van der Waals surface area (Å²) in [6.07, 6.45) is 0. The smallest absolute Gasteiger partial charge is 0.252 e. The number of hydrogen-bond donors (Lipinski definition) is 1. The number of benzene rings is 2. The summed E-state index contributed by atoms with van der Waals surface area (Å²) < 4.78 is 12.2. The number of H-pyrrole nitrogens is 1. The van der Waals surface area contributed by atoms with Gasteiger partial charge in [-0.05, 0) is 59.2 Å². The van der Waals surface area contributed by atoms with Crippen LogP contribution in [0.15, 0.2) is 47.3 Å². The average molecular weight is 463 g/mol. The molecule has 0 atom stereocenters. The lowest BCUT2D eigenvalue weighted by Crippen LogP contribution is -2.28. The van der Waals surface area contributed by atoms with Gasteiger partial charge in [-0.2, -0.15) is 0 Å². The van der Waals surface area contributed by atoms with Crippen molar-refractivity contribution >= 4 is 10.9 Å². The second kappa shape index (κ2) is 10.6. The number of aryl methyl sites for hydroxylation is 2. The van der Waals surface area contributed by atoms with Crippen LogP contribution < -0.4 is 10.3 Å². The van der Waals surface area contributed by atoms with E-state index >= 15 is 0 Å². The fourth-order valence-electron chi connectivity index (χ4n) is 4.02. The average Bonchev–Trinajstić information content (AvgIpc) is 3.28. The summed E-state index contributed by atoms with van der Waals surface area (Å²) in [5.74, 6) is 1.52. The van der Waals surface area contributed by atoms with E-state index in [4.69, 9.17) is 9.47 Å². The molecule has 0 spiro atoms. The maximum atomic E-state index is 13.0. The van der Waals surface area contributed by atoms with Crippen molar-refractivity contribution < 1.29 is 9.47 Å². The van der Waals surface area contributed by atoms with Crippen LogP contribution in [-0.2, 0) is 30.9 Å². The standard InChI is InChI=1S/C25H30N6O3/c1-17-5-6-18(2)24-22(17)13-20(25(32)26-24)15-30(14-19-7-9-21(34-4)10-8-19)16-23-27-28-29-31(23)11-12-33-3/h5-10,13H,11-12,14-16H2,1-4H3,(H,26,32). The Morgan fingerprint density at radius 2 is 1.76 bits per heavy atom.